The fraction of sp³-hybridized carbons (Fsp3) is 0.118. The Morgan fingerprint density at radius 1 is 1.14 bits per heavy atom. The SMILES string of the molecule is Cc1cnn(Cc2cc(F)ccc2F)c1NC(=O)c1nc(Cl)c(Cl)c(Cl)c1Cl. The van der Waals surface area contributed by atoms with Crippen LogP contribution in [0.3, 0.4) is 0 Å². The molecule has 146 valence electrons. The quantitative estimate of drug-likeness (QED) is 0.497. The van der Waals surface area contributed by atoms with Crippen molar-refractivity contribution in [3.05, 3.63) is 73.1 Å². The molecule has 11 heteroatoms. The molecular weight excluding hydrogens is 456 g/mol. The fourth-order valence-electron chi connectivity index (χ4n) is 2.39. The van der Waals surface area contributed by atoms with Gasteiger partial charge in [-0.1, -0.05) is 46.4 Å². The number of nitrogens with one attached hydrogen (secondary N) is 1. The average molecular weight is 466 g/mol. The van der Waals surface area contributed by atoms with Gasteiger partial charge in [-0.25, -0.2) is 18.4 Å². The first-order chi connectivity index (χ1) is 13.2. The summed E-state index contributed by atoms with van der Waals surface area (Å²) in [6, 6.07) is 3.08. The van der Waals surface area contributed by atoms with Crippen LogP contribution in [0.25, 0.3) is 0 Å². The number of halogens is 6. The molecule has 0 radical (unpaired) electrons. The van der Waals surface area contributed by atoms with Gasteiger partial charge in [0.1, 0.15) is 22.6 Å². The summed E-state index contributed by atoms with van der Waals surface area (Å²) in [5.74, 6) is -1.68. The Bertz CT molecular complexity index is 1090. The number of amides is 1. The number of anilines is 1. The summed E-state index contributed by atoms with van der Waals surface area (Å²) in [7, 11) is 0. The third-order valence-electron chi connectivity index (χ3n) is 3.78. The van der Waals surface area contributed by atoms with Gasteiger partial charge in [0, 0.05) is 11.1 Å². The van der Waals surface area contributed by atoms with Crippen LogP contribution >= 0.6 is 46.4 Å². The second-order valence-electron chi connectivity index (χ2n) is 5.72. The average Bonchev–Trinajstić information content (AvgIpc) is 2.99. The maximum atomic E-state index is 13.9. The predicted molar refractivity (Wildman–Crippen MR) is 105 cm³/mol. The number of pyridine rings is 1. The monoisotopic (exact) mass is 464 g/mol. The maximum Gasteiger partial charge on any atom is 0.277 e. The van der Waals surface area contributed by atoms with Crippen LogP contribution in [0, 0.1) is 18.6 Å². The van der Waals surface area contributed by atoms with Crippen molar-refractivity contribution in [1.82, 2.24) is 14.8 Å². The van der Waals surface area contributed by atoms with Crippen molar-refractivity contribution in [3.8, 4) is 0 Å². The third-order valence-corrected chi connectivity index (χ3v) is 5.46. The number of carbonyl (C=O) groups is 1. The van der Waals surface area contributed by atoms with Crippen molar-refractivity contribution < 1.29 is 13.6 Å². The van der Waals surface area contributed by atoms with Gasteiger partial charge < -0.3 is 5.32 Å². The number of benzene rings is 1. The van der Waals surface area contributed by atoms with E-state index in [0.717, 1.165) is 18.2 Å². The van der Waals surface area contributed by atoms with Crippen molar-refractivity contribution in [3.63, 3.8) is 0 Å². The molecule has 1 aromatic carbocycles. The van der Waals surface area contributed by atoms with Gasteiger partial charge in [-0.15, -0.1) is 0 Å². The molecule has 2 aromatic heterocycles. The van der Waals surface area contributed by atoms with Crippen molar-refractivity contribution in [1.29, 1.82) is 0 Å². The largest absolute Gasteiger partial charge is 0.305 e. The molecule has 0 aliphatic carbocycles. The first kappa shape index (κ1) is 20.8. The van der Waals surface area contributed by atoms with Crippen LogP contribution in [0.15, 0.2) is 24.4 Å². The summed E-state index contributed by atoms with van der Waals surface area (Å²) in [5.41, 5.74) is 0.393. The molecule has 0 atom stereocenters. The van der Waals surface area contributed by atoms with Gasteiger partial charge in [-0.2, -0.15) is 5.10 Å². The second-order valence-corrected chi connectivity index (χ2v) is 7.21. The molecule has 3 rings (SSSR count). The van der Waals surface area contributed by atoms with Gasteiger partial charge in [0.05, 0.1) is 27.8 Å². The van der Waals surface area contributed by atoms with E-state index in [1.54, 1.807) is 6.92 Å². The zero-order chi connectivity index (χ0) is 20.6. The van der Waals surface area contributed by atoms with Gasteiger partial charge in [-0.3, -0.25) is 4.79 Å². The Labute approximate surface area is 178 Å². The summed E-state index contributed by atoms with van der Waals surface area (Å²) in [6.45, 7) is 1.56. The summed E-state index contributed by atoms with van der Waals surface area (Å²) in [4.78, 5) is 16.5. The van der Waals surface area contributed by atoms with Gasteiger partial charge in [0.15, 0.2) is 5.69 Å². The Balaban J connectivity index is 1.93. The number of aryl methyl sites for hydroxylation is 1. The first-order valence-corrected chi connectivity index (χ1v) is 9.18. The molecule has 3 aromatic rings. The normalized spacial score (nSPS) is 11.0. The lowest BCUT2D eigenvalue weighted by atomic mass is 10.2. The van der Waals surface area contributed by atoms with Crippen molar-refractivity contribution >= 4 is 58.1 Å². The molecule has 1 N–H and O–H groups in total. The van der Waals surface area contributed by atoms with E-state index < -0.39 is 17.5 Å². The Morgan fingerprint density at radius 2 is 1.86 bits per heavy atom. The predicted octanol–water partition coefficient (Wildman–Crippen LogP) is 5.78. The highest BCUT2D eigenvalue weighted by molar-refractivity contribution is 6.52. The fourth-order valence-corrected chi connectivity index (χ4v) is 3.21. The van der Waals surface area contributed by atoms with Gasteiger partial charge in [0.25, 0.3) is 5.91 Å². The lowest BCUT2D eigenvalue weighted by Gasteiger charge is -2.12. The molecule has 0 fully saturated rings. The minimum Gasteiger partial charge on any atom is -0.305 e. The molecule has 0 saturated carbocycles. The van der Waals surface area contributed by atoms with Crippen LogP contribution in [0.2, 0.25) is 20.2 Å². The molecule has 28 heavy (non-hydrogen) atoms. The Hall–Kier alpha value is -1.93. The van der Waals surface area contributed by atoms with Crippen LogP contribution in [0.4, 0.5) is 14.6 Å². The molecule has 0 unspecified atom stereocenters. The molecular formula is C17H10Cl4F2N4O. The Morgan fingerprint density at radius 3 is 2.57 bits per heavy atom. The minimum absolute atomic E-state index is 0.0624. The van der Waals surface area contributed by atoms with E-state index in [4.69, 9.17) is 46.4 Å². The zero-order valence-electron chi connectivity index (χ0n) is 14.0. The van der Waals surface area contributed by atoms with E-state index in [2.05, 4.69) is 15.4 Å². The van der Waals surface area contributed by atoms with E-state index in [1.807, 2.05) is 0 Å². The second kappa shape index (κ2) is 8.21. The van der Waals surface area contributed by atoms with Crippen LogP contribution in [0.5, 0.6) is 0 Å². The zero-order valence-corrected chi connectivity index (χ0v) is 17.1. The van der Waals surface area contributed by atoms with Gasteiger partial charge in [-0.05, 0) is 25.1 Å². The first-order valence-electron chi connectivity index (χ1n) is 7.66. The molecule has 5 nitrogen and oxygen atoms in total. The van der Waals surface area contributed by atoms with E-state index in [0.29, 0.717) is 5.56 Å². The number of carbonyl (C=O) groups excluding carboxylic acids is 1. The maximum absolute atomic E-state index is 13.9. The van der Waals surface area contributed by atoms with Crippen LogP contribution < -0.4 is 5.32 Å². The number of hydrogen-bond donors (Lipinski definition) is 1. The van der Waals surface area contributed by atoms with Crippen LogP contribution in [-0.2, 0) is 6.54 Å². The third kappa shape index (κ3) is 4.07. The summed E-state index contributed by atoms with van der Waals surface area (Å²) >= 11 is 23.7. The summed E-state index contributed by atoms with van der Waals surface area (Å²) in [5, 5.41) is 6.12. The molecule has 2 heterocycles. The number of aromatic nitrogens is 3. The standard InChI is InChI=1S/C17H10Cl4F2N4O/c1-7-5-24-27(6-8-4-9(22)2-3-10(8)23)16(7)26-17(28)14-12(19)11(18)13(20)15(21)25-14/h2-5H,6H2,1H3,(H,26,28). The minimum atomic E-state index is -0.727. The van der Waals surface area contributed by atoms with Crippen molar-refractivity contribution in [2.24, 2.45) is 0 Å². The lowest BCUT2D eigenvalue weighted by Crippen LogP contribution is -2.19. The smallest absolute Gasteiger partial charge is 0.277 e. The lowest BCUT2D eigenvalue weighted by molar-refractivity contribution is 0.102. The van der Waals surface area contributed by atoms with E-state index >= 15 is 0 Å². The molecule has 0 spiro atoms. The summed E-state index contributed by atoms with van der Waals surface area (Å²) < 4.78 is 28.7. The van der Waals surface area contributed by atoms with Gasteiger partial charge >= 0.3 is 0 Å². The summed E-state index contributed by atoms with van der Waals surface area (Å²) in [6.07, 6.45) is 1.46. The van der Waals surface area contributed by atoms with E-state index in [9.17, 15) is 13.6 Å². The molecule has 0 aliphatic heterocycles. The Kier molecular flexibility index (Phi) is 6.09. The van der Waals surface area contributed by atoms with Crippen molar-refractivity contribution in [2.75, 3.05) is 5.32 Å². The van der Waals surface area contributed by atoms with E-state index in [1.165, 1.54) is 10.9 Å². The van der Waals surface area contributed by atoms with Crippen LogP contribution in [0.1, 0.15) is 21.6 Å². The van der Waals surface area contributed by atoms with E-state index in [-0.39, 0.29) is 43.8 Å². The van der Waals surface area contributed by atoms with Gasteiger partial charge in [0.2, 0.25) is 0 Å². The molecule has 0 bridgehead atoms. The van der Waals surface area contributed by atoms with Crippen molar-refractivity contribution in [2.45, 2.75) is 13.5 Å². The highest BCUT2D eigenvalue weighted by atomic mass is 35.5. The van der Waals surface area contributed by atoms with Crippen LogP contribution in [-0.4, -0.2) is 20.7 Å². The highest BCUT2D eigenvalue weighted by Gasteiger charge is 2.22. The molecule has 0 saturated heterocycles. The number of hydrogen-bond acceptors (Lipinski definition) is 3. The number of rotatable bonds is 4. The number of nitrogens with zero attached hydrogens (tertiary/aromatic N) is 3. The molecule has 0 aliphatic rings. The topological polar surface area (TPSA) is 59.8 Å². The molecule has 1 amide bonds. The highest BCUT2D eigenvalue weighted by Crippen LogP contribution is 2.36.